The monoisotopic (exact) mass is 474 g/mol. The Morgan fingerprint density at radius 3 is 2.09 bits per heavy atom. The number of aromatic amines is 1. The summed E-state index contributed by atoms with van der Waals surface area (Å²) in [5.74, 6) is 0.123. The van der Waals surface area contributed by atoms with Crippen LogP contribution >= 0.6 is 0 Å². The number of sulfone groups is 1. The van der Waals surface area contributed by atoms with Gasteiger partial charge in [0, 0.05) is 17.7 Å². The number of H-pyrrole nitrogens is 1. The molecule has 1 aromatic heterocycles. The van der Waals surface area contributed by atoms with Gasteiger partial charge < -0.3 is 4.98 Å². The Morgan fingerprint density at radius 2 is 1.50 bits per heavy atom. The van der Waals surface area contributed by atoms with Crippen molar-refractivity contribution in [1.29, 1.82) is 0 Å². The van der Waals surface area contributed by atoms with Gasteiger partial charge in [-0.1, -0.05) is 18.2 Å². The molecule has 0 unspecified atom stereocenters. The largest absolute Gasteiger partial charge is 0.416 e. The number of nitrogens with one attached hydrogen (secondary N) is 1. The number of hydrogen-bond donors (Lipinski definition) is 1. The first-order valence-corrected chi connectivity index (χ1v) is 11.0. The van der Waals surface area contributed by atoms with E-state index in [1.165, 1.54) is 12.1 Å². The zero-order chi connectivity index (χ0) is 23.3. The zero-order valence-electron chi connectivity index (χ0n) is 16.2. The van der Waals surface area contributed by atoms with E-state index in [9.17, 15) is 34.8 Å². The molecule has 170 valence electrons. The summed E-state index contributed by atoms with van der Waals surface area (Å²) >= 11 is 0. The van der Waals surface area contributed by atoms with E-state index in [1.807, 2.05) is 0 Å². The standard InChI is InChI=1S/C21H16F6N2O2S/c22-20(23,24)14-6-4-12(5-7-14)19-28-11-18(29-19)13-8-17(9-13)32(30,31)16-3-1-2-15(10-16)21(25,26)27/h1-7,10-11,13,17H,8-9H2,(H,28,29)/t13-,17-. The van der Waals surface area contributed by atoms with Crippen molar-refractivity contribution in [1.82, 2.24) is 9.97 Å². The lowest BCUT2D eigenvalue weighted by Gasteiger charge is -2.33. The van der Waals surface area contributed by atoms with Crippen LogP contribution in [0.2, 0.25) is 0 Å². The van der Waals surface area contributed by atoms with Gasteiger partial charge in [0.1, 0.15) is 5.82 Å². The van der Waals surface area contributed by atoms with Gasteiger partial charge in [-0.2, -0.15) is 26.3 Å². The number of hydrogen-bond acceptors (Lipinski definition) is 3. The minimum absolute atomic E-state index is 0.190. The van der Waals surface area contributed by atoms with Gasteiger partial charge in [0.2, 0.25) is 0 Å². The van der Waals surface area contributed by atoms with Gasteiger partial charge in [-0.15, -0.1) is 0 Å². The molecule has 1 heterocycles. The van der Waals surface area contributed by atoms with Crippen molar-refractivity contribution in [2.75, 3.05) is 0 Å². The fraction of sp³-hybridized carbons (Fsp3) is 0.286. The predicted octanol–water partition coefficient (Wildman–Crippen LogP) is 5.83. The second-order valence-electron chi connectivity index (χ2n) is 7.61. The lowest BCUT2D eigenvalue weighted by Crippen LogP contribution is -2.35. The molecule has 0 amide bonds. The van der Waals surface area contributed by atoms with E-state index in [-0.39, 0.29) is 23.7 Å². The maximum atomic E-state index is 12.9. The van der Waals surface area contributed by atoms with Crippen molar-refractivity contribution in [3.8, 4) is 11.4 Å². The Labute approximate surface area is 179 Å². The SMILES string of the molecule is O=S(=O)(c1cccc(C(F)(F)F)c1)[C@H]1C[C@H](c2c[nH]c(-c3ccc(C(F)(F)F)cc3)n2)C1. The highest BCUT2D eigenvalue weighted by molar-refractivity contribution is 7.92. The van der Waals surface area contributed by atoms with Gasteiger partial charge in [-0.25, -0.2) is 13.4 Å². The van der Waals surface area contributed by atoms with E-state index in [0.29, 0.717) is 23.1 Å². The van der Waals surface area contributed by atoms with E-state index >= 15 is 0 Å². The first-order chi connectivity index (χ1) is 14.9. The minimum Gasteiger partial charge on any atom is -0.344 e. The van der Waals surface area contributed by atoms with Crippen molar-refractivity contribution in [2.24, 2.45) is 0 Å². The first kappa shape index (κ1) is 22.4. The molecule has 4 rings (SSSR count). The minimum atomic E-state index is -4.64. The molecule has 0 bridgehead atoms. The van der Waals surface area contributed by atoms with Crippen LogP contribution in [0.25, 0.3) is 11.4 Å². The average Bonchev–Trinajstić information content (AvgIpc) is 3.15. The highest BCUT2D eigenvalue weighted by Crippen LogP contribution is 2.43. The lowest BCUT2D eigenvalue weighted by atomic mass is 9.82. The molecule has 1 aliphatic carbocycles. The summed E-state index contributed by atoms with van der Waals surface area (Å²) in [6.45, 7) is 0. The summed E-state index contributed by atoms with van der Waals surface area (Å²) in [4.78, 5) is 6.85. The summed E-state index contributed by atoms with van der Waals surface area (Å²) in [5.41, 5.74) is -0.815. The molecule has 0 atom stereocenters. The van der Waals surface area contributed by atoms with Crippen LogP contribution < -0.4 is 0 Å². The molecule has 0 aliphatic heterocycles. The molecule has 2 aromatic carbocycles. The van der Waals surface area contributed by atoms with Gasteiger partial charge >= 0.3 is 12.4 Å². The molecule has 1 fully saturated rings. The molecule has 1 saturated carbocycles. The third-order valence-corrected chi connectivity index (χ3v) is 7.70. The average molecular weight is 474 g/mol. The topological polar surface area (TPSA) is 62.8 Å². The Kier molecular flexibility index (Phi) is 5.35. The quantitative estimate of drug-likeness (QED) is 0.484. The normalized spacial score (nSPS) is 19.6. The fourth-order valence-electron chi connectivity index (χ4n) is 3.61. The Balaban J connectivity index is 1.46. The maximum absolute atomic E-state index is 12.9. The third kappa shape index (κ3) is 4.25. The van der Waals surface area contributed by atoms with Gasteiger partial charge in [-0.3, -0.25) is 0 Å². The zero-order valence-corrected chi connectivity index (χ0v) is 17.0. The molecule has 4 nitrogen and oxygen atoms in total. The molecular weight excluding hydrogens is 458 g/mol. The molecule has 11 heteroatoms. The van der Waals surface area contributed by atoms with Crippen molar-refractivity contribution in [3.63, 3.8) is 0 Å². The van der Waals surface area contributed by atoms with Crippen LogP contribution in [0.1, 0.15) is 35.6 Å². The molecule has 1 aliphatic rings. The van der Waals surface area contributed by atoms with Crippen LogP contribution in [0.4, 0.5) is 26.3 Å². The number of benzene rings is 2. The molecular formula is C21H16F6N2O2S. The van der Waals surface area contributed by atoms with E-state index in [1.54, 1.807) is 6.20 Å². The van der Waals surface area contributed by atoms with Crippen molar-refractivity contribution < 1.29 is 34.8 Å². The summed E-state index contributed by atoms with van der Waals surface area (Å²) in [6, 6.07) is 8.12. The van der Waals surface area contributed by atoms with E-state index in [4.69, 9.17) is 0 Å². The number of alkyl halides is 6. The summed E-state index contributed by atoms with van der Waals surface area (Å²) in [5, 5.41) is -0.831. The molecule has 0 spiro atoms. The molecule has 0 radical (unpaired) electrons. The second kappa shape index (κ2) is 7.65. The van der Waals surface area contributed by atoms with Gasteiger partial charge in [0.25, 0.3) is 0 Å². The summed E-state index contributed by atoms with van der Waals surface area (Å²) in [6.07, 6.45) is -7.15. The maximum Gasteiger partial charge on any atom is 0.416 e. The fourth-order valence-corrected chi connectivity index (χ4v) is 5.53. The van der Waals surface area contributed by atoms with Gasteiger partial charge in [-0.05, 0) is 43.2 Å². The molecule has 1 N–H and O–H groups in total. The lowest BCUT2D eigenvalue weighted by molar-refractivity contribution is -0.138. The molecule has 32 heavy (non-hydrogen) atoms. The highest BCUT2D eigenvalue weighted by atomic mass is 32.2. The van der Waals surface area contributed by atoms with Crippen LogP contribution in [0.3, 0.4) is 0 Å². The van der Waals surface area contributed by atoms with Gasteiger partial charge in [0.05, 0.1) is 27.0 Å². The Hall–Kier alpha value is -2.82. The van der Waals surface area contributed by atoms with Crippen molar-refractivity contribution in [2.45, 2.75) is 41.3 Å². The Bertz CT molecular complexity index is 1220. The van der Waals surface area contributed by atoms with E-state index in [0.717, 1.165) is 30.3 Å². The van der Waals surface area contributed by atoms with E-state index < -0.39 is 38.6 Å². The van der Waals surface area contributed by atoms with Crippen LogP contribution in [-0.2, 0) is 22.2 Å². The highest BCUT2D eigenvalue weighted by Gasteiger charge is 2.42. The van der Waals surface area contributed by atoms with E-state index in [2.05, 4.69) is 9.97 Å². The molecule has 3 aromatic rings. The predicted molar refractivity (Wildman–Crippen MR) is 103 cm³/mol. The smallest absolute Gasteiger partial charge is 0.344 e. The summed E-state index contributed by atoms with van der Waals surface area (Å²) < 4.78 is 102. The third-order valence-electron chi connectivity index (χ3n) is 5.53. The van der Waals surface area contributed by atoms with Crippen molar-refractivity contribution >= 4 is 9.84 Å². The number of nitrogens with zero attached hydrogens (tertiary/aromatic N) is 1. The van der Waals surface area contributed by atoms with Crippen LogP contribution in [0.5, 0.6) is 0 Å². The number of halogens is 6. The van der Waals surface area contributed by atoms with Crippen LogP contribution in [-0.4, -0.2) is 23.6 Å². The van der Waals surface area contributed by atoms with Gasteiger partial charge in [0.15, 0.2) is 9.84 Å². The molecule has 0 saturated heterocycles. The Morgan fingerprint density at radius 1 is 0.875 bits per heavy atom. The van der Waals surface area contributed by atoms with Crippen molar-refractivity contribution in [3.05, 3.63) is 71.5 Å². The summed E-state index contributed by atoms with van der Waals surface area (Å²) in [7, 11) is -3.93. The number of rotatable bonds is 4. The first-order valence-electron chi connectivity index (χ1n) is 9.50. The van der Waals surface area contributed by atoms with Crippen LogP contribution in [0.15, 0.2) is 59.6 Å². The second-order valence-corrected chi connectivity index (χ2v) is 9.84. The number of imidazole rings is 1. The van der Waals surface area contributed by atoms with Crippen LogP contribution in [0, 0.1) is 0 Å². The number of aromatic nitrogens is 2.